The SMILES string of the molecule is CCOc1cccc(/C=C2/N=C(c3cccc(F)c3)OC2=O)c1. The second-order valence-corrected chi connectivity index (χ2v) is 4.85. The van der Waals surface area contributed by atoms with Crippen LogP contribution in [0.3, 0.4) is 0 Å². The predicted octanol–water partition coefficient (Wildman–Crippen LogP) is 3.57. The Balaban J connectivity index is 1.90. The van der Waals surface area contributed by atoms with Crippen molar-refractivity contribution in [3.05, 3.63) is 71.2 Å². The lowest BCUT2D eigenvalue weighted by Gasteiger charge is -2.03. The summed E-state index contributed by atoms with van der Waals surface area (Å²) in [6, 6.07) is 13.1. The van der Waals surface area contributed by atoms with Crippen molar-refractivity contribution in [3.63, 3.8) is 0 Å². The highest BCUT2D eigenvalue weighted by atomic mass is 19.1. The van der Waals surface area contributed by atoms with Crippen molar-refractivity contribution in [2.45, 2.75) is 6.92 Å². The Hall–Kier alpha value is -2.95. The summed E-state index contributed by atoms with van der Waals surface area (Å²) in [7, 11) is 0. The molecule has 0 N–H and O–H groups in total. The highest BCUT2D eigenvalue weighted by molar-refractivity contribution is 6.12. The zero-order valence-electron chi connectivity index (χ0n) is 12.5. The largest absolute Gasteiger partial charge is 0.494 e. The molecule has 23 heavy (non-hydrogen) atoms. The van der Waals surface area contributed by atoms with Crippen LogP contribution >= 0.6 is 0 Å². The van der Waals surface area contributed by atoms with E-state index in [-0.39, 0.29) is 11.6 Å². The summed E-state index contributed by atoms with van der Waals surface area (Å²) in [5.41, 5.74) is 1.36. The molecule has 1 aliphatic rings. The van der Waals surface area contributed by atoms with Crippen LogP contribution in [0.5, 0.6) is 5.75 Å². The van der Waals surface area contributed by atoms with E-state index < -0.39 is 11.8 Å². The van der Waals surface area contributed by atoms with Crippen molar-refractivity contribution in [1.82, 2.24) is 0 Å². The van der Waals surface area contributed by atoms with Gasteiger partial charge in [0.25, 0.3) is 0 Å². The van der Waals surface area contributed by atoms with E-state index in [1.807, 2.05) is 25.1 Å². The number of carbonyl (C=O) groups excluding carboxylic acids is 1. The summed E-state index contributed by atoms with van der Waals surface area (Å²) in [5.74, 6) is -0.168. The number of nitrogens with zero attached hydrogens (tertiary/aromatic N) is 1. The first kappa shape index (κ1) is 15.0. The van der Waals surface area contributed by atoms with Crippen LogP contribution in [0.25, 0.3) is 6.08 Å². The lowest BCUT2D eigenvalue weighted by atomic mass is 10.2. The maximum atomic E-state index is 13.3. The van der Waals surface area contributed by atoms with Gasteiger partial charge in [-0.2, -0.15) is 0 Å². The van der Waals surface area contributed by atoms with Gasteiger partial charge in [0.05, 0.1) is 6.61 Å². The number of benzene rings is 2. The van der Waals surface area contributed by atoms with E-state index in [2.05, 4.69) is 4.99 Å². The van der Waals surface area contributed by atoms with Crippen molar-refractivity contribution >= 4 is 17.9 Å². The Bertz CT molecular complexity index is 811. The number of rotatable bonds is 4. The van der Waals surface area contributed by atoms with Crippen LogP contribution < -0.4 is 4.74 Å². The molecule has 2 aromatic rings. The number of hydrogen-bond donors (Lipinski definition) is 0. The Morgan fingerprint density at radius 3 is 2.83 bits per heavy atom. The topological polar surface area (TPSA) is 47.9 Å². The summed E-state index contributed by atoms with van der Waals surface area (Å²) in [6.07, 6.45) is 1.61. The number of aliphatic imine (C=N–C) groups is 1. The van der Waals surface area contributed by atoms with Gasteiger partial charge in [-0.1, -0.05) is 18.2 Å². The minimum absolute atomic E-state index is 0.0988. The molecule has 3 rings (SSSR count). The molecule has 5 heteroatoms. The predicted molar refractivity (Wildman–Crippen MR) is 84.6 cm³/mol. The van der Waals surface area contributed by atoms with E-state index in [1.165, 1.54) is 18.2 Å². The van der Waals surface area contributed by atoms with Gasteiger partial charge in [0.15, 0.2) is 5.70 Å². The van der Waals surface area contributed by atoms with E-state index in [4.69, 9.17) is 9.47 Å². The number of carbonyl (C=O) groups is 1. The van der Waals surface area contributed by atoms with Gasteiger partial charge in [-0.15, -0.1) is 0 Å². The molecular weight excluding hydrogens is 297 g/mol. The Kier molecular flexibility index (Phi) is 4.19. The van der Waals surface area contributed by atoms with Crippen LogP contribution in [0.1, 0.15) is 18.1 Å². The molecule has 0 saturated carbocycles. The first-order valence-corrected chi connectivity index (χ1v) is 7.17. The van der Waals surface area contributed by atoms with Crippen molar-refractivity contribution in [1.29, 1.82) is 0 Å². The Labute approximate surface area is 132 Å². The van der Waals surface area contributed by atoms with Gasteiger partial charge in [-0.05, 0) is 48.9 Å². The van der Waals surface area contributed by atoms with Gasteiger partial charge >= 0.3 is 5.97 Å². The lowest BCUT2D eigenvalue weighted by molar-refractivity contribution is -0.129. The molecule has 1 heterocycles. The Morgan fingerprint density at radius 2 is 2.04 bits per heavy atom. The normalized spacial score (nSPS) is 15.5. The van der Waals surface area contributed by atoms with Crippen LogP contribution in [-0.4, -0.2) is 18.5 Å². The second kappa shape index (κ2) is 6.44. The third kappa shape index (κ3) is 3.45. The van der Waals surface area contributed by atoms with Gasteiger partial charge in [0.2, 0.25) is 5.90 Å². The number of esters is 1. The van der Waals surface area contributed by atoms with E-state index >= 15 is 0 Å². The quantitative estimate of drug-likeness (QED) is 0.640. The first-order valence-electron chi connectivity index (χ1n) is 7.17. The number of cyclic esters (lactones) is 1. The summed E-state index contributed by atoms with van der Waals surface area (Å²) >= 11 is 0. The fourth-order valence-corrected chi connectivity index (χ4v) is 2.17. The van der Waals surface area contributed by atoms with Crippen LogP contribution in [0, 0.1) is 5.82 Å². The summed E-state index contributed by atoms with van der Waals surface area (Å²) < 4.78 is 23.8. The molecule has 0 unspecified atom stereocenters. The molecule has 0 bridgehead atoms. The van der Waals surface area contributed by atoms with E-state index in [0.717, 1.165) is 5.56 Å². The number of hydrogen-bond acceptors (Lipinski definition) is 4. The molecule has 0 spiro atoms. The Morgan fingerprint density at radius 1 is 1.22 bits per heavy atom. The summed E-state index contributed by atoms with van der Waals surface area (Å²) in [4.78, 5) is 16.1. The minimum atomic E-state index is -0.564. The molecule has 2 aromatic carbocycles. The molecule has 0 fully saturated rings. The molecule has 0 saturated heterocycles. The lowest BCUT2D eigenvalue weighted by Crippen LogP contribution is -2.05. The van der Waals surface area contributed by atoms with E-state index in [9.17, 15) is 9.18 Å². The van der Waals surface area contributed by atoms with Crippen LogP contribution in [0.4, 0.5) is 4.39 Å². The average molecular weight is 311 g/mol. The molecule has 0 amide bonds. The monoisotopic (exact) mass is 311 g/mol. The highest BCUT2D eigenvalue weighted by Gasteiger charge is 2.24. The van der Waals surface area contributed by atoms with E-state index in [1.54, 1.807) is 18.2 Å². The first-order chi connectivity index (χ1) is 11.2. The molecular formula is C18H14FNO3. The second-order valence-electron chi connectivity index (χ2n) is 4.85. The summed E-state index contributed by atoms with van der Waals surface area (Å²) in [6.45, 7) is 2.46. The van der Waals surface area contributed by atoms with Gasteiger partial charge in [0.1, 0.15) is 11.6 Å². The molecule has 0 aromatic heterocycles. The fraction of sp³-hybridized carbons (Fsp3) is 0.111. The number of halogens is 1. The third-order valence-corrected chi connectivity index (χ3v) is 3.16. The fourth-order valence-electron chi connectivity index (χ4n) is 2.17. The zero-order valence-corrected chi connectivity index (χ0v) is 12.5. The van der Waals surface area contributed by atoms with Crippen LogP contribution in [0.15, 0.2) is 59.2 Å². The van der Waals surface area contributed by atoms with Gasteiger partial charge in [-0.25, -0.2) is 14.2 Å². The molecule has 0 atom stereocenters. The van der Waals surface area contributed by atoms with Crippen LogP contribution in [0.2, 0.25) is 0 Å². The standard InChI is InChI=1S/C18H14FNO3/c1-2-22-15-8-3-5-12(9-15)10-16-18(21)23-17(20-16)13-6-4-7-14(19)11-13/h3-11H,2H2,1H3/b16-10+. The summed E-state index contributed by atoms with van der Waals surface area (Å²) in [5, 5.41) is 0. The van der Waals surface area contributed by atoms with Gasteiger partial charge in [0, 0.05) is 5.56 Å². The van der Waals surface area contributed by atoms with Gasteiger partial charge < -0.3 is 9.47 Å². The van der Waals surface area contributed by atoms with Crippen molar-refractivity contribution in [3.8, 4) is 5.75 Å². The average Bonchev–Trinajstić information content (AvgIpc) is 2.89. The molecule has 1 aliphatic heterocycles. The van der Waals surface area contributed by atoms with Crippen LogP contribution in [-0.2, 0) is 9.53 Å². The molecule has 0 radical (unpaired) electrons. The minimum Gasteiger partial charge on any atom is -0.494 e. The molecule has 0 aliphatic carbocycles. The van der Waals surface area contributed by atoms with E-state index in [0.29, 0.717) is 17.9 Å². The smallest absolute Gasteiger partial charge is 0.363 e. The highest BCUT2D eigenvalue weighted by Crippen LogP contribution is 2.21. The maximum absolute atomic E-state index is 13.3. The van der Waals surface area contributed by atoms with Gasteiger partial charge in [-0.3, -0.25) is 0 Å². The zero-order chi connectivity index (χ0) is 16.2. The van der Waals surface area contributed by atoms with Crippen molar-refractivity contribution < 1.29 is 18.7 Å². The third-order valence-electron chi connectivity index (χ3n) is 3.16. The molecule has 116 valence electrons. The van der Waals surface area contributed by atoms with Crippen molar-refractivity contribution in [2.24, 2.45) is 4.99 Å². The number of ether oxygens (including phenoxy) is 2. The maximum Gasteiger partial charge on any atom is 0.363 e. The van der Waals surface area contributed by atoms with Crippen molar-refractivity contribution in [2.75, 3.05) is 6.61 Å². The molecule has 4 nitrogen and oxygen atoms in total.